The van der Waals surface area contributed by atoms with E-state index in [2.05, 4.69) is 32.9 Å². The molecular weight excluding hydrogens is 296 g/mol. The highest BCUT2D eigenvalue weighted by Gasteiger charge is 2.43. The van der Waals surface area contributed by atoms with Gasteiger partial charge in [-0.3, -0.25) is 0 Å². The zero-order valence-corrected chi connectivity index (χ0v) is 15.4. The smallest absolute Gasteiger partial charge is 0.122 e. The van der Waals surface area contributed by atoms with Crippen LogP contribution in [0, 0.1) is 33.1 Å². The molecule has 1 aliphatic rings. The topological polar surface area (TPSA) is 40.5 Å². The van der Waals surface area contributed by atoms with Crippen LogP contribution in [-0.2, 0) is 0 Å². The lowest BCUT2D eigenvalue weighted by molar-refractivity contribution is 0.132. The van der Waals surface area contributed by atoms with E-state index in [4.69, 9.17) is 0 Å². The van der Waals surface area contributed by atoms with Gasteiger partial charge in [0.15, 0.2) is 0 Å². The second-order valence-corrected chi connectivity index (χ2v) is 7.98. The Kier molecular flexibility index (Phi) is 4.11. The molecular formula is C22H28O2. The van der Waals surface area contributed by atoms with E-state index in [9.17, 15) is 10.2 Å². The maximum absolute atomic E-state index is 10.8. The Labute approximate surface area is 145 Å². The molecule has 0 radical (unpaired) electrons. The van der Waals surface area contributed by atoms with Gasteiger partial charge in [0.1, 0.15) is 11.5 Å². The van der Waals surface area contributed by atoms with Crippen molar-refractivity contribution in [3.05, 3.63) is 57.6 Å². The van der Waals surface area contributed by atoms with Gasteiger partial charge >= 0.3 is 0 Å². The molecule has 0 unspecified atom stereocenters. The molecule has 1 aliphatic carbocycles. The number of benzene rings is 2. The van der Waals surface area contributed by atoms with Crippen molar-refractivity contribution >= 4 is 0 Å². The number of phenolic OH excluding ortho intramolecular Hbond substituents is 2. The summed E-state index contributed by atoms with van der Waals surface area (Å²) in [5, 5.41) is 21.6. The van der Waals surface area contributed by atoms with Crippen molar-refractivity contribution in [2.45, 2.75) is 59.8 Å². The van der Waals surface area contributed by atoms with Gasteiger partial charge in [0.25, 0.3) is 0 Å². The average Bonchev–Trinajstić information content (AvgIpc) is 2.47. The molecule has 0 saturated heterocycles. The Balaban J connectivity index is 2.27. The Morgan fingerprint density at radius 3 is 1.54 bits per heavy atom. The van der Waals surface area contributed by atoms with Crippen LogP contribution in [0.3, 0.4) is 0 Å². The number of hydrogen-bond acceptors (Lipinski definition) is 2. The van der Waals surface area contributed by atoms with Crippen LogP contribution in [0.15, 0.2) is 24.3 Å². The van der Waals surface area contributed by atoms with Gasteiger partial charge in [-0.2, -0.15) is 0 Å². The van der Waals surface area contributed by atoms with E-state index in [1.165, 1.54) is 6.42 Å². The molecule has 2 aromatic carbocycles. The second kappa shape index (κ2) is 5.84. The van der Waals surface area contributed by atoms with Crippen LogP contribution >= 0.6 is 0 Å². The fourth-order valence-corrected chi connectivity index (χ4v) is 4.37. The molecule has 0 amide bonds. The lowest BCUT2D eigenvalue weighted by Gasteiger charge is -2.46. The molecule has 0 bridgehead atoms. The summed E-state index contributed by atoms with van der Waals surface area (Å²) in [4.78, 5) is 0. The molecule has 0 aliphatic heterocycles. The van der Waals surface area contributed by atoms with Crippen molar-refractivity contribution in [2.24, 2.45) is 5.41 Å². The minimum Gasteiger partial charge on any atom is -0.507 e. The Morgan fingerprint density at radius 2 is 1.21 bits per heavy atom. The lowest BCUT2D eigenvalue weighted by Crippen LogP contribution is -2.34. The Morgan fingerprint density at radius 1 is 0.792 bits per heavy atom. The van der Waals surface area contributed by atoms with Crippen molar-refractivity contribution in [1.29, 1.82) is 0 Å². The summed E-state index contributed by atoms with van der Waals surface area (Å²) in [5.74, 6) is 0.762. The second-order valence-electron chi connectivity index (χ2n) is 7.98. The van der Waals surface area contributed by atoms with E-state index in [1.54, 1.807) is 0 Å². The van der Waals surface area contributed by atoms with Crippen molar-refractivity contribution in [1.82, 2.24) is 0 Å². The number of phenols is 2. The SMILES string of the molecule is Cc1cc(C)c(O)c(C(c2cc(C)cc(C)c2O)C2(C)CCC2)c1. The number of aromatic hydroxyl groups is 2. The molecule has 0 spiro atoms. The third-order valence-corrected chi connectivity index (χ3v) is 5.76. The van der Waals surface area contributed by atoms with Crippen LogP contribution in [0.25, 0.3) is 0 Å². The summed E-state index contributed by atoms with van der Waals surface area (Å²) >= 11 is 0. The molecule has 2 aromatic rings. The fraction of sp³-hybridized carbons (Fsp3) is 0.455. The predicted molar refractivity (Wildman–Crippen MR) is 99.0 cm³/mol. The number of hydrogen-bond donors (Lipinski definition) is 2. The molecule has 1 fully saturated rings. The van der Waals surface area contributed by atoms with Crippen LogP contribution in [0.5, 0.6) is 11.5 Å². The summed E-state index contributed by atoms with van der Waals surface area (Å²) in [5.41, 5.74) is 6.10. The highest BCUT2D eigenvalue weighted by molar-refractivity contribution is 5.54. The van der Waals surface area contributed by atoms with Gasteiger partial charge in [0.05, 0.1) is 0 Å². The van der Waals surface area contributed by atoms with Crippen molar-refractivity contribution in [3.63, 3.8) is 0 Å². The molecule has 0 aromatic heterocycles. The Bertz CT molecular complexity index is 728. The fourth-order valence-electron chi connectivity index (χ4n) is 4.37. The Hall–Kier alpha value is -1.96. The average molecular weight is 324 g/mol. The van der Waals surface area contributed by atoms with Crippen LogP contribution in [0.2, 0.25) is 0 Å². The molecule has 3 rings (SSSR count). The van der Waals surface area contributed by atoms with Gasteiger partial charge in [-0.25, -0.2) is 0 Å². The van der Waals surface area contributed by atoms with E-state index in [1.807, 2.05) is 26.0 Å². The first kappa shape index (κ1) is 16.9. The van der Waals surface area contributed by atoms with Crippen molar-refractivity contribution in [2.75, 3.05) is 0 Å². The highest BCUT2D eigenvalue weighted by atomic mass is 16.3. The first-order chi connectivity index (χ1) is 11.2. The molecule has 1 saturated carbocycles. The minimum atomic E-state index is 0.0171. The predicted octanol–water partition coefficient (Wildman–Crippen LogP) is 5.65. The first-order valence-electron chi connectivity index (χ1n) is 8.83. The summed E-state index contributed by atoms with van der Waals surface area (Å²) in [6, 6.07) is 8.21. The van der Waals surface area contributed by atoms with Crippen LogP contribution in [0.4, 0.5) is 0 Å². The number of rotatable bonds is 3. The van der Waals surface area contributed by atoms with Gasteiger partial charge in [0.2, 0.25) is 0 Å². The number of aryl methyl sites for hydroxylation is 4. The molecule has 128 valence electrons. The zero-order chi connectivity index (χ0) is 17.6. The molecule has 0 atom stereocenters. The van der Waals surface area contributed by atoms with Gasteiger partial charge in [0, 0.05) is 17.0 Å². The lowest BCUT2D eigenvalue weighted by atomic mass is 9.58. The minimum absolute atomic E-state index is 0.0171. The third kappa shape index (κ3) is 2.68. The van der Waals surface area contributed by atoms with E-state index in [-0.39, 0.29) is 11.3 Å². The summed E-state index contributed by atoms with van der Waals surface area (Å²) < 4.78 is 0. The summed E-state index contributed by atoms with van der Waals surface area (Å²) in [6.45, 7) is 10.3. The van der Waals surface area contributed by atoms with E-state index < -0.39 is 0 Å². The van der Waals surface area contributed by atoms with Crippen LogP contribution < -0.4 is 0 Å². The van der Waals surface area contributed by atoms with Gasteiger partial charge in [-0.1, -0.05) is 48.7 Å². The monoisotopic (exact) mass is 324 g/mol. The molecule has 2 heteroatoms. The van der Waals surface area contributed by atoms with Crippen LogP contribution in [-0.4, -0.2) is 10.2 Å². The van der Waals surface area contributed by atoms with E-state index in [0.717, 1.165) is 46.2 Å². The van der Waals surface area contributed by atoms with Crippen molar-refractivity contribution in [3.8, 4) is 11.5 Å². The summed E-state index contributed by atoms with van der Waals surface area (Å²) in [6.07, 6.45) is 3.46. The maximum Gasteiger partial charge on any atom is 0.122 e. The highest BCUT2D eigenvalue weighted by Crippen LogP contribution is 2.57. The van der Waals surface area contributed by atoms with Gasteiger partial charge < -0.3 is 10.2 Å². The van der Waals surface area contributed by atoms with E-state index in [0.29, 0.717) is 11.5 Å². The standard InChI is InChI=1S/C22H28O2/c1-13-9-15(3)20(23)17(11-13)19(22(5)7-6-8-22)18-12-14(2)10-16(4)21(18)24/h9-12,19,23-24H,6-8H2,1-5H3. The third-order valence-electron chi connectivity index (χ3n) is 5.76. The quantitative estimate of drug-likeness (QED) is 0.765. The summed E-state index contributed by atoms with van der Waals surface area (Å²) in [7, 11) is 0. The molecule has 24 heavy (non-hydrogen) atoms. The largest absolute Gasteiger partial charge is 0.507 e. The van der Waals surface area contributed by atoms with E-state index >= 15 is 0 Å². The maximum atomic E-state index is 10.8. The normalized spacial score (nSPS) is 16.2. The molecule has 2 nitrogen and oxygen atoms in total. The van der Waals surface area contributed by atoms with Crippen molar-refractivity contribution < 1.29 is 10.2 Å². The van der Waals surface area contributed by atoms with Crippen LogP contribution in [0.1, 0.15) is 65.5 Å². The molecule has 0 heterocycles. The zero-order valence-electron chi connectivity index (χ0n) is 15.4. The van der Waals surface area contributed by atoms with Gasteiger partial charge in [-0.15, -0.1) is 0 Å². The first-order valence-corrected chi connectivity index (χ1v) is 8.83. The molecule has 2 N–H and O–H groups in total. The van der Waals surface area contributed by atoms with Gasteiger partial charge in [-0.05, 0) is 57.1 Å².